The second kappa shape index (κ2) is 7.48. The average Bonchev–Trinajstić information content (AvgIpc) is 3.37. The minimum absolute atomic E-state index is 0.193. The highest BCUT2D eigenvalue weighted by atomic mass is 16.1. The van der Waals surface area contributed by atoms with Crippen LogP contribution in [0.3, 0.4) is 0 Å². The van der Waals surface area contributed by atoms with Crippen LogP contribution in [0.2, 0.25) is 0 Å². The van der Waals surface area contributed by atoms with Gasteiger partial charge in [-0.25, -0.2) is 9.67 Å². The Kier molecular flexibility index (Phi) is 4.72. The molecule has 1 amide bonds. The van der Waals surface area contributed by atoms with Gasteiger partial charge in [0.2, 0.25) is 0 Å². The summed E-state index contributed by atoms with van der Waals surface area (Å²) in [6.45, 7) is 3.99. The van der Waals surface area contributed by atoms with Gasteiger partial charge in [-0.1, -0.05) is 19.1 Å². The van der Waals surface area contributed by atoms with Crippen LogP contribution >= 0.6 is 0 Å². The minimum Gasteiger partial charge on any atom is -0.321 e. The first-order valence-electron chi connectivity index (χ1n) is 9.08. The van der Waals surface area contributed by atoms with E-state index in [-0.39, 0.29) is 5.91 Å². The van der Waals surface area contributed by atoms with Crippen LogP contribution in [0.15, 0.2) is 60.9 Å². The molecule has 2 aromatic heterocycles. The third-order valence-electron chi connectivity index (χ3n) is 4.39. The fourth-order valence-electron chi connectivity index (χ4n) is 2.88. The smallest absolute Gasteiger partial charge is 0.255 e. The molecule has 0 aliphatic carbocycles. The van der Waals surface area contributed by atoms with Crippen LogP contribution < -0.4 is 5.32 Å². The van der Waals surface area contributed by atoms with Crippen molar-refractivity contribution < 1.29 is 4.79 Å². The fraction of sp³-hybridized carbons (Fsp3) is 0.143. The molecule has 140 valence electrons. The Morgan fingerprint density at radius 3 is 2.61 bits per heavy atom. The summed E-state index contributed by atoms with van der Waals surface area (Å²) in [5.41, 5.74) is 3.98. The van der Waals surface area contributed by atoms with Crippen LogP contribution in [0.5, 0.6) is 0 Å². The van der Waals surface area contributed by atoms with Crippen molar-refractivity contribution in [3.05, 3.63) is 77.9 Å². The summed E-state index contributed by atoms with van der Waals surface area (Å²) < 4.78 is 1.78. The molecule has 0 saturated heterocycles. The van der Waals surface area contributed by atoms with E-state index in [9.17, 15) is 4.79 Å². The Morgan fingerprint density at radius 2 is 1.93 bits per heavy atom. The number of para-hydroxylation sites is 1. The molecule has 0 saturated carbocycles. The molecule has 7 nitrogen and oxygen atoms in total. The molecule has 4 rings (SSSR count). The van der Waals surface area contributed by atoms with E-state index in [4.69, 9.17) is 0 Å². The maximum absolute atomic E-state index is 12.7. The van der Waals surface area contributed by atoms with Crippen LogP contribution in [0, 0.1) is 6.92 Å². The molecule has 0 spiro atoms. The van der Waals surface area contributed by atoms with Crippen LogP contribution in [-0.4, -0.2) is 30.9 Å². The number of aromatic nitrogens is 5. The molecule has 0 aliphatic rings. The first-order valence-corrected chi connectivity index (χ1v) is 9.08. The van der Waals surface area contributed by atoms with Gasteiger partial charge in [-0.15, -0.1) is 0 Å². The molecular formula is C21H20N6O. The van der Waals surface area contributed by atoms with E-state index < -0.39 is 0 Å². The summed E-state index contributed by atoms with van der Waals surface area (Å²) in [4.78, 5) is 17.2. The van der Waals surface area contributed by atoms with E-state index in [0.717, 1.165) is 29.1 Å². The van der Waals surface area contributed by atoms with Crippen LogP contribution in [0.1, 0.15) is 28.7 Å². The van der Waals surface area contributed by atoms with Crippen molar-refractivity contribution in [1.29, 1.82) is 0 Å². The molecule has 0 bridgehead atoms. The number of anilines is 1. The molecule has 2 N–H and O–H groups in total. The quantitative estimate of drug-likeness (QED) is 0.558. The van der Waals surface area contributed by atoms with Gasteiger partial charge in [0.1, 0.15) is 5.82 Å². The molecule has 0 aliphatic heterocycles. The second-order valence-corrected chi connectivity index (χ2v) is 6.47. The zero-order valence-electron chi connectivity index (χ0n) is 15.7. The highest BCUT2D eigenvalue weighted by Crippen LogP contribution is 2.25. The lowest BCUT2D eigenvalue weighted by atomic mass is 10.1. The maximum Gasteiger partial charge on any atom is 0.255 e. The van der Waals surface area contributed by atoms with Crippen molar-refractivity contribution in [2.75, 3.05) is 5.32 Å². The third kappa shape index (κ3) is 3.55. The van der Waals surface area contributed by atoms with Crippen molar-refractivity contribution in [1.82, 2.24) is 25.0 Å². The third-order valence-corrected chi connectivity index (χ3v) is 4.39. The van der Waals surface area contributed by atoms with Crippen LogP contribution in [0.4, 0.5) is 5.69 Å². The van der Waals surface area contributed by atoms with E-state index >= 15 is 0 Å². The maximum atomic E-state index is 12.7. The number of hydrogen-bond acceptors (Lipinski definition) is 4. The first-order chi connectivity index (χ1) is 13.6. The lowest BCUT2D eigenvalue weighted by molar-refractivity contribution is 0.102. The van der Waals surface area contributed by atoms with Gasteiger partial charge >= 0.3 is 0 Å². The van der Waals surface area contributed by atoms with E-state index in [1.54, 1.807) is 23.0 Å². The van der Waals surface area contributed by atoms with E-state index in [0.29, 0.717) is 17.1 Å². The summed E-state index contributed by atoms with van der Waals surface area (Å²) in [6, 6.07) is 14.8. The van der Waals surface area contributed by atoms with Gasteiger partial charge in [-0.05, 0) is 48.9 Å². The highest BCUT2D eigenvalue weighted by Gasteiger charge is 2.13. The standard InChI is InChI=1S/C21H20N6O/c1-3-19-24-20(26-25-19)17-6-4-5-7-18(17)23-21(28)15-8-10-16(11-9-15)27-13-14(2)12-22-27/h4-13H,3H2,1-2H3,(H,23,28)(H,24,25,26). The van der Waals surface area contributed by atoms with Crippen molar-refractivity contribution in [2.24, 2.45) is 0 Å². The van der Waals surface area contributed by atoms with Crippen LogP contribution in [-0.2, 0) is 6.42 Å². The lowest BCUT2D eigenvalue weighted by Crippen LogP contribution is -2.13. The molecule has 0 atom stereocenters. The Hall–Kier alpha value is -3.74. The van der Waals surface area contributed by atoms with Gasteiger partial charge in [0.05, 0.1) is 17.6 Å². The number of aromatic amines is 1. The minimum atomic E-state index is -0.193. The fourth-order valence-corrected chi connectivity index (χ4v) is 2.88. The second-order valence-electron chi connectivity index (χ2n) is 6.47. The molecule has 2 heterocycles. The van der Waals surface area contributed by atoms with Gasteiger partial charge in [0.25, 0.3) is 5.91 Å². The Balaban J connectivity index is 1.55. The Morgan fingerprint density at radius 1 is 1.14 bits per heavy atom. The van der Waals surface area contributed by atoms with Crippen molar-refractivity contribution in [2.45, 2.75) is 20.3 Å². The number of hydrogen-bond donors (Lipinski definition) is 2. The number of carbonyl (C=O) groups is 1. The van der Waals surface area contributed by atoms with Crippen molar-refractivity contribution in [3.8, 4) is 17.1 Å². The molecular weight excluding hydrogens is 352 g/mol. The van der Waals surface area contributed by atoms with Crippen LogP contribution in [0.25, 0.3) is 17.1 Å². The number of aryl methyl sites for hydroxylation is 2. The van der Waals surface area contributed by atoms with Gasteiger partial charge in [0.15, 0.2) is 5.82 Å². The number of nitrogens with one attached hydrogen (secondary N) is 2. The predicted molar refractivity (Wildman–Crippen MR) is 107 cm³/mol. The van der Waals surface area contributed by atoms with Crippen molar-refractivity contribution in [3.63, 3.8) is 0 Å². The van der Waals surface area contributed by atoms with E-state index in [1.807, 2.05) is 56.4 Å². The normalized spacial score (nSPS) is 10.8. The molecule has 28 heavy (non-hydrogen) atoms. The van der Waals surface area contributed by atoms with Gasteiger partial charge in [-0.2, -0.15) is 10.2 Å². The number of nitrogens with zero attached hydrogens (tertiary/aromatic N) is 4. The van der Waals surface area contributed by atoms with E-state index in [2.05, 4.69) is 25.6 Å². The van der Waals surface area contributed by atoms with Gasteiger partial charge < -0.3 is 5.32 Å². The molecule has 7 heteroatoms. The average molecular weight is 372 g/mol. The van der Waals surface area contributed by atoms with Gasteiger partial charge in [0, 0.05) is 23.7 Å². The monoisotopic (exact) mass is 372 g/mol. The molecule has 0 fully saturated rings. The Bertz CT molecular complexity index is 1110. The summed E-state index contributed by atoms with van der Waals surface area (Å²) in [7, 11) is 0. The van der Waals surface area contributed by atoms with Gasteiger partial charge in [-0.3, -0.25) is 9.89 Å². The zero-order chi connectivity index (χ0) is 19.5. The number of carbonyl (C=O) groups excluding carboxylic acids is 1. The number of H-pyrrole nitrogens is 1. The molecule has 4 aromatic rings. The zero-order valence-corrected chi connectivity index (χ0v) is 15.7. The molecule has 2 aromatic carbocycles. The highest BCUT2D eigenvalue weighted by molar-refractivity contribution is 6.06. The summed E-state index contributed by atoms with van der Waals surface area (Å²) in [5.74, 6) is 1.18. The number of amides is 1. The number of rotatable bonds is 5. The Labute approximate surface area is 162 Å². The molecule has 0 unspecified atom stereocenters. The summed E-state index contributed by atoms with van der Waals surface area (Å²) in [6.07, 6.45) is 4.50. The largest absolute Gasteiger partial charge is 0.321 e. The SMILES string of the molecule is CCc1nc(-c2ccccc2NC(=O)c2ccc(-n3cc(C)cn3)cc2)n[nH]1. The predicted octanol–water partition coefficient (Wildman–Crippen LogP) is 3.78. The lowest BCUT2D eigenvalue weighted by Gasteiger charge is -2.09. The topological polar surface area (TPSA) is 88.5 Å². The molecule has 0 radical (unpaired) electrons. The van der Waals surface area contributed by atoms with Crippen molar-refractivity contribution >= 4 is 11.6 Å². The van der Waals surface area contributed by atoms with E-state index in [1.165, 1.54) is 0 Å². The summed E-state index contributed by atoms with van der Waals surface area (Å²) >= 11 is 0. The number of benzene rings is 2. The summed E-state index contributed by atoms with van der Waals surface area (Å²) in [5, 5.41) is 14.4. The first kappa shape index (κ1) is 17.7.